The highest BCUT2D eigenvalue weighted by Gasteiger charge is 2.10. The fourth-order valence-electron chi connectivity index (χ4n) is 2.24. The molecule has 3 aromatic rings. The predicted octanol–water partition coefficient (Wildman–Crippen LogP) is 4.14. The van der Waals surface area contributed by atoms with Crippen LogP contribution < -0.4 is 5.32 Å². The maximum Gasteiger partial charge on any atom is 0.228 e. The van der Waals surface area contributed by atoms with E-state index in [0.29, 0.717) is 5.69 Å². The molecule has 0 atom stereocenters. The number of hydrogen-bond donors (Lipinski definition) is 2. The highest BCUT2D eigenvalue weighted by Crippen LogP contribution is 2.23. The predicted molar refractivity (Wildman–Crippen MR) is 82.0 cm³/mol. The van der Waals surface area contributed by atoms with E-state index >= 15 is 0 Å². The van der Waals surface area contributed by atoms with Gasteiger partial charge in [-0.2, -0.15) is 0 Å². The molecule has 3 rings (SSSR count). The van der Waals surface area contributed by atoms with Crippen molar-refractivity contribution in [3.8, 4) is 0 Å². The Balaban J connectivity index is 1.77. The summed E-state index contributed by atoms with van der Waals surface area (Å²) in [5.74, 6) is -0.636. The molecule has 2 aromatic carbocycles. The van der Waals surface area contributed by atoms with Gasteiger partial charge >= 0.3 is 0 Å². The fraction of sp³-hybridized carbons (Fsp3) is 0.0625. The van der Waals surface area contributed by atoms with Crippen LogP contribution in [0.1, 0.15) is 5.56 Å². The standard InChI is InChI=1S/C16H12ClFN2O/c17-13-8-11(18)5-6-15(13)20-16(21)7-10-9-19-14-4-2-1-3-12(10)14/h1-6,8-9,19H,7H2,(H,20,21). The van der Waals surface area contributed by atoms with Gasteiger partial charge in [-0.15, -0.1) is 0 Å². The second kappa shape index (κ2) is 5.58. The van der Waals surface area contributed by atoms with E-state index in [4.69, 9.17) is 11.6 Å². The highest BCUT2D eigenvalue weighted by atomic mass is 35.5. The van der Waals surface area contributed by atoms with Crippen molar-refractivity contribution in [2.45, 2.75) is 6.42 Å². The molecular formula is C16H12ClFN2O. The van der Waals surface area contributed by atoms with Crippen LogP contribution in [0.15, 0.2) is 48.7 Å². The molecule has 3 nitrogen and oxygen atoms in total. The van der Waals surface area contributed by atoms with Gasteiger partial charge in [0.15, 0.2) is 0 Å². The molecule has 1 amide bonds. The van der Waals surface area contributed by atoms with Gasteiger partial charge in [0.05, 0.1) is 17.1 Å². The van der Waals surface area contributed by atoms with E-state index in [1.807, 2.05) is 30.5 Å². The Bertz CT molecular complexity index is 813. The molecule has 0 aliphatic rings. The molecule has 0 unspecified atom stereocenters. The van der Waals surface area contributed by atoms with Crippen LogP contribution >= 0.6 is 11.6 Å². The van der Waals surface area contributed by atoms with Gasteiger partial charge < -0.3 is 10.3 Å². The number of benzene rings is 2. The van der Waals surface area contributed by atoms with Crippen LogP contribution in [-0.2, 0) is 11.2 Å². The monoisotopic (exact) mass is 302 g/mol. The first-order valence-electron chi connectivity index (χ1n) is 6.43. The van der Waals surface area contributed by atoms with E-state index in [2.05, 4.69) is 10.3 Å². The van der Waals surface area contributed by atoms with Crippen LogP contribution in [0.4, 0.5) is 10.1 Å². The van der Waals surface area contributed by atoms with Gasteiger partial charge in [-0.3, -0.25) is 4.79 Å². The normalized spacial score (nSPS) is 10.8. The van der Waals surface area contributed by atoms with Gasteiger partial charge in [0.1, 0.15) is 5.82 Å². The lowest BCUT2D eigenvalue weighted by Crippen LogP contribution is -2.14. The van der Waals surface area contributed by atoms with E-state index in [9.17, 15) is 9.18 Å². The van der Waals surface area contributed by atoms with Crippen molar-refractivity contribution >= 4 is 34.1 Å². The first-order chi connectivity index (χ1) is 10.1. The van der Waals surface area contributed by atoms with Crippen LogP contribution in [0.25, 0.3) is 10.9 Å². The number of amides is 1. The molecule has 1 heterocycles. The zero-order chi connectivity index (χ0) is 14.8. The molecule has 0 bridgehead atoms. The summed E-state index contributed by atoms with van der Waals surface area (Å²) in [5, 5.41) is 3.88. The average Bonchev–Trinajstić information content (AvgIpc) is 2.85. The Labute approximate surface area is 125 Å². The SMILES string of the molecule is O=C(Cc1c[nH]c2ccccc12)Nc1ccc(F)cc1Cl. The second-order valence-electron chi connectivity index (χ2n) is 4.71. The number of nitrogens with one attached hydrogen (secondary N) is 2. The molecule has 0 saturated heterocycles. The minimum Gasteiger partial charge on any atom is -0.361 e. The summed E-state index contributed by atoms with van der Waals surface area (Å²) in [6, 6.07) is 11.6. The number of anilines is 1. The average molecular weight is 303 g/mol. The van der Waals surface area contributed by atoms with Gasteiger partial charge in [-0.1, -0.05) is 29.8 Å². The van der Waals surface area contributed by atoms with Crippen LogP contribution in [0, 0.1) is 5.82 Å². The Morgan fingerprint density at radius 2 is 2.05 bits per heavy atom. The smallest absolute Gasteiger partial charge is 0.228 e. The van der Waals surface area contributed by atoms with Crippen LogP contribution in [0.2, 0.25) is 5.02 Å². The van der Waals surface area contributed by atoms with Crippen LogP contribution in [-0.4, -0.2) is 10.9 Å². The molecular weight excluding hydrogens is 291 g/mol. The molecule has 0 fully saturated rings. The molecule has 2 N–H and O–H groups in total. The van der Waals surface area contributed by atoms with E-state index in [0.717, 1.165) is 16.5 Å². The van der Waals surface area contributed by atoms with Crippen molar-refractivity contribution in [3.63, 3.8) is 0 Å². The number of aromatic nitrogens is 1. The number of fused-ring (bicyclic) bond motifs is 1. The Hall–Kier alpha value is -2.33. The molecule has 0 saturated carbocycles. The van der Waals surface area contributed by atoms with Crippen molar-refractivity contribution in [1.82, 2.24) is 4.98 Å². The summed E-state index contributed by atoms with van der Waals surface area (Å²) >= 11 is 5.89. The number of carbonyl (C=O) groups is 1. The molecule has 0 aliphatic heterocycles. The number of H-pyrrole nitrogens is 1. The van der Waals surface area contributed by atoms with Crippen LogP contribution in [0.5, 0.6) is 0 Å². The summed E-state index contributed by atoms with van der Waals surface area (Å²) in [7, 11) is 0. The molecule has 106 valence electrons. The summed E-state index contributed by atoms with van der Waals surface area (Å²) in [5.41, 5.74) is 2.30. The van der Waals surface area contributed by atoms with Crippen molar-refractivity contribution in [2.24, 2.45) is 0 Å². The third-order valence-corrected chi connectivity index (χ3v) is 3.54. The molecule has 1 aromatic heterocycles. The number of hydrogen-bond acceptors (Lipinski definition) is 1. The number of aromatic amines is 1. The fourth-order valence-corrected chi connectivity index (χ4v) is 2.45. The molecule has 0 radical (unpaired) electrons. The topological polar surface area (TPSA) is 44.9 Å². The first-order valence-corrected chi connectivity index (χ1v) is 6.81. The Morgan fingerprint density at radius 1 is 1.24 bits per heavy atom. The molecule has 0 spiro atoms. The number of para-hydroxylation sites is 1. The number of rotatable bonds is 3. The van der Waals surface area contributed by atoms with Gasteiger partial charge in [0, 0.05) is 17.1 Å². The van der Waals surface area contributed by atoms with Crippen LogP contribution in [0.3, 0.4) is 0 Å². The van der Waals surface area contributed by atoms with Crippen molar-refractivity contribution < 1.29 is 9.18 Å². The van der Waals surface area contributed by atoms with E-state index in [1.165, 1.54) is 18.2 Å². The third-order valence-electron chi connectivity index (χ3n) is 3.23. The number of carbonyl (C=O) groups excluding carboxylic acids is 1. The summed E-state index contributed by atoms with van der Waals surface area (Å²) in [4.78, 5) is 15.2. The lowest BCUT2D eigenvalue weighted by Gasteiger charge is -2.07. The Kier molecular flexibility index (Phi) is 3.62. The van der Waals surface area contributed by atoms with Crippen molar-refractivity contribution in [1.29, 1.82) is 0 Å². The minimum absolute atomic E-state index is 0.183. The van der Waals surface area contributed by atoms with Gasteiger partial charge in [-0.05, 0) is 29.8 Å². The Morgan fingerprint density at radius 3 is 2.86 bits per heavy atom. The minimum atomic E-state index is -0.436. The zero-order valence-electron chi connectivity index (χ0n) is 11.0. The van der Waals surface area contributed by atoms with Gasteiger partial charge in [0.25, 0.3) is 0 Å². The third kappa shape index (κ3) is 2.90. The van der Waals surface area contributed by atoms with E-state index < -0.39 is 5.82 Å². The van der Waals surface area contributed by atoms with Crippen molar-refractivity contribution in [2.75, 3.05) is 5.32 Å². The van der Waals surface area contributed by atoms with Gasteiger partial charge in [-0.25, -0.2) is 4.39 Å². The summed E-state index contributed by atoms with van der Waals surface area (Å²) in [6.07, 6.45) is 2.04. The van der Waals surface area contributed by atoms with E-state index in [1.54, 1.807) is 0 Å². The molecule has 5 heteroatoms. The number of halogens is 2. The lowest BCUT2D eigenvalue weighted by molar-refractivity contribution is -0.115. The second-order valence-corrected chi connectivity index (χ2v) is 5.12. The highest BCUT2D eigenvalue weighted by molar-refractivity contribution is 6.33. The zero-order valence-corrected chi connectivity index (χ0v) is 11.7. The molecule has 21 heavy (non-hydrogen) atoms. The summed E-state index contributed by atoms with van der Waals surface area (Å²) < 4.78 is 13.0. The molecule has 0 aliphatic carbocycles. The van der Waals surface area contributed by atoms with Gasteiger partial charge in [0.2, 0.25) is 5.91 Å². The summed E-state index contributed by atoms with van der Waals surface area (Å²) in [6.45, 7) is 0. The maximum absolute atomic E-state index is 13.0. The largest absolute Gasteiger partial charge is 0.361 e. The maximum atomic E-state index is 13.0. The lowest BCUT2D eigenvalue weighted by atomic mass is 10.1. The first kappa shape index (κ1) is 13.6. The van der Waals surface area contributed by atoms with E-state index in [-0.39, 0.29) is 17.4 Å². The quantitative estimate of drug-likeness (QED) is 0.750. The van der Waals surface area contributed by atoms with Crippen molar-refractivity contribution in [3.05, 3.63) is 65.1 Å².